The zero-order valence-corrected chi connectivity index (χ0v) is 16.4. The number of carbonyl (C=O) groups excluding carboxylic acids is 1. The van der Waals surface area contributed by atoms with E-state index in [0.29, 0.717) is 12.0 Å². The molecule has 0 saturated carbocycles. The van der Waals surface area contributed by atoms with Gasteiger partial charge in [-0.3, -0.25) is 9.59 Å². The minimum atomic E-state index is -0.816. The van der Waals surface area contributed by atoms with Crippen molar-refractivity contribution in [2.45, 2.75) is 26.7 Å². The Morgan fingerprint density at radius 1 is 1.07 bits per heavy atom. The van der Waals surface area contributed by atoms with Crippen molar-refractivity contribution in [2.75, 3.05) is 5.32 Å². The first kappa shape index (κ1) is 18.7. The van der Waals surface area contributed by atoms with Crippen LogP contribution in [0.2, 0.25) is 0 Å². The Labute approximate surface area is 169 Å². The molecule has 1 aliphatic heterocycles. The van der Waals surface area contributed by atoms with Crippen LogP contribution in [0.25, 0.3) is 22.8 Å². The smallest absolute Gasteiger partial charge is 0.303 e. The highest BCUT2D eigenvalue weighted by Crippen LogP contribution is 2.36. The maximum atomic E-state index is 12.6. The molecule has 29 heavy (non-hydrogen) atoms. The summed E-state index contributed by atoms with van der Waals surface area (Å²) < 4.78 is 0. The minimum absolute atomic E-state index is 0.0845. The maximum Gasteiger partial charge on any atom is 0.303 e. The van der Waals surface area contributed by atoms with Crippen LogP contribution in [0.4, 0.5) is 5.69 Å². The number of aromatic nitrogens is 1. The standard InChI is InChI=1S/C24H22N2O3/c1-14-18(10-11-23(27)28)15(2)25-21(14)13-20-19-9-8-17(12-22(19)26-24(20)29)16-6-4-3-5-7-16/h3-9,12-13,25H,10-11H2,1-2H3,(H,26,29)(H,27,28)/b20-13-. The van der Waals surface area contributed by atoms with E-state index >= 15 is 0 Å². The average Bonchev–Trinajstić information content (AvgIpc) is 3.16. The number of carbonyl (C=O) groups is 2. The molecule has 0 unspecified atom stereocenters. The van der Waals surface area contributed by atoms with Gasteiger partial charge >= 0.3 is 5.97 Å². The first-order chi connectivity index (χ1) is 13.9. The van der Waals surface area contributed by atoms with E-state index in [1.807, 2.05) is 68.5 Å². The van der Waals surface area contributed by atoms with Gasteiger partial charge < -0.3 is 15.4 Å². The molecule has 0 saturated heterocycles. The molecule has 1 aromatic heterocycles. The molecule has 4 rings (SSSR count). The summed E-state index contributed by atoms with van der Waals surface area (Å²) in [7, 11) is 0. The molecule has 146 valence electrons. The second-order valence-electron chi connectivity index (χ2n) is 7.30. The van der Waals surface area contributed by atoms with Gasteiger partial charge in [0.1, 0.15) is 0 Å². The van der Waals surface area contributed by atoms with Gasteiger partial charge in [-0.25, -0.2) is 0 Å². The molecule has 0 aliphatic carbocycles. The molecular formula is C24H22N2O3. The second-order valence-corrected chi connectivity index (χ2v) is 7.30. The first-order valence-electron chi connectivity index (χ1n) is 9.57. The number of H-pyrrole nitrogens is 1. The predicted molar refractivity (Wildman–Crippen MR) is 115 cm³/mol. The predicted octanol–water partition coefficient (Wildman–Crippen LogP) is 4.81. The Kier molecular flexibility index (Phi) is 4.80. The van der Waals surface area contributed by atoms with Crippen LogP contribution in [-0.2, 0) is 16.0 Å². The van der Waals surface area contributed by atoms with E-state index in [-0.39, 0.29) is 12.3 Å². The molecule has 0 atom stereocenters. The van der Waals surface area contributed by atoms with Crippen molar-refractivity contribution in [1.82, 2.24) is 4.98 Å². The summed E-state index contributed by atoms with van der Waals surface area (Å²) >= 11 is 0. The summed E-state index contributed by atoms with van der Waals surface area (Å²) in [6, 6.07) is 16.0. The number of rotatable bonds is 5. The number of carboxylic acids is 1. The lowest BCUT2D eigenvalue weighted by atomic mass is 9.99. The molecule has 5 heteroatoms. The van der Waals surface area contributed by atoms with Gasteiger partial charge in [0.15, 0.2) is 0 Å². The molecule has 3 aromatic rings. The van der Waals surface area contributed by atoms with Gasteiger partial charge in [-0.05, 0) is 54.7 Å². The van der Waals surface area contributed by atoms with Crippen molar-refractivity contribution in [3.05, 3.63) is 76.6 Å². The first-order valence-corrected chi connectivity index (χ1v) is 9.57. The van der Waals surface area contributed by atoms with Crippen LogP contribution < -0.4 is 5.32 Å². The summed E-state index contributed by atoms with van der Waals surface area (Å²) in [6.07, 6.45) is 2.41. The monoisotopic (exact) mass is 386 g/mol. The maximum absolute atomic E-state index is 12.6. The van der Waals surface area contributed by atoms with Crippen LogP contribution in [0.1, 0.15) is 34.5 Å². The lowest BCUT2D eigenvalue weighted by Crippen LogP contribution is -2.03. The molecule has 2 aromatic carbocycles. The minimum Gasteiger partial charge on any atom is -0.481 e. The number of aliphatic carboxylic acids is 1. The van der Waals surface area contributed by atoms with E-state index in [1.54, 1.807) is 0 Å². The Hall–Kier alpha value is -3.60. The number of amides is 1. The molecular weight excluding hydrogens is 364 g/mol. The van der Waals surface area contributed by atoms with Gasteiger partial charge in [0.25, 0.3) is 5.91 Å². The lowest BCUT2D eigenvalue weighted by Gasteiger charge is -2.05. The fourth-order valence-electron chi connectivity index (χ4n) is 3.86. The van der Waals surface area contributed by atoms with Gasteiger partial charge in [0.2, 0.25) is 0 Å². The van der Waals surface area contributed by atoms with Crippen LogP contribution in [0.15, 0.2) is 48.5 Å². The molecule has 0 radical (unpaired) electrons. The highest BCUT2D eigenvalue weighted by Gasteiger charge is 2.25. The molecule has 1 amide bonds. The molecule has 0 spiro atoms. The molecule has 0 fully saturated rings. The van der Waals surface area contributed by atoms with Gasteiger partial charge in [0.05, 0.1) is 5.57 Å². The number of carboxylic acid groups (broad SMARTS) is 1. The zero-order valence-electron chi connectivity index (χ0n) is 16.4. The lowest BCUT2D eigenvalue weighted by molar-refractivity contribution is -0.137. The van der Waals surface area contributed by atoms with E-state index in [9.17, 15) is 9.59 Å². The summed E-state index contributed by atoms with van der Waals surface area (Å²) in [5.74, 6) is -0.952. The van der Waals surface area contributed by atoms with Crippen molar-refractivity contribution in [3.63, 3.8) is 0 Å². The number of aromatic amines is 1. The van der Waals surface area contributed by atoms with Crippen LogP contribution in [0.3, 0.4) is 0 Å². The van der Waals surface area contributed by atoms with E-state index in [1.165, 1.54) is 0 Å². The Morgan fingerprint density at radius 2 is 1.83 bits per heavy atom. The normalized spacial score (nSPS) is 14.1. The second kappa shape index (κ2) is 7.43. The fraction of sp³-hybridized carbons (Fsp3) is 0.167. The third kappa shape index (κ3) is 3.59. The number of benzene rings is 2. The number of aryl methyl sites for hydroxylation is 1. The fourth-order valence-corrected chi connectivity index (χ4v) is 3.86. The van der Waals surface area contributed by atoms with Crippen molar-refractivity contribution in [2.24, 2.45) is 0 Å². The van der Waals surface area contributed by atoms with E-state index in [4.69, 9.17) is 5.11 Å². The number of hydrogen-bond donors (Lipinski definition) is 3. The Morgan fingerprint density at radius 3 is 2.55 bits per heavy atom. The van der Waals surface area contributed by atoms with Crippen LogP contribution in [0.5, 0.6) is 0 Å². The molecule has 1 aliphatic rings. The molecule has 2 heterocycles. The molecule has 0 bridgehead atoms. The third-order valence-electron chi connectivity index (χ3n) is 5.42. The third-order valence-corrected chi connectivity index (χ3v) is 5.42. The summed E-state index contributed by atoms with van der Waals surface area (Å²) in [4.78, 5) is 26.8. The summed E-state index contributed by atoms with van der Waals surface area (Å²) in [6.45, 7) is 3.89. The van der Waals surface area contributed by atoms with Gasteiger partial charge in [0, 0.05) is 29.1 Å². The van der Waals surface area contributed by atoms with Crippen LogP contribution in [0, 0.1) is 13.8 Å². The SMILES string of the molecule is Cc1[nH]c(/C=C2\C(=O)Nc3cc(-c4ccccc4)ccc32)c(C)c1CCC(=O)O. The average molecular weight is 386 g/mol. The van der Waals surface area contributed by atoms with Gasteiger partial charge in [-0.15, -0.1) is 0 Å². The van der Waals surface area contributed by atoms with E-state index in [0.717, 1.165) is 44.9 Å². The van der Waals surface area contributed by atoms with Crippen LogP contribution >= 0.6 is 0 Å². The van der Waals surface area contributed by atoms with Crippen molar-refractivity contribution < 1.29 is 14.7 Å². The quantitative estimate of drug-likeness (QED) is 0.551. The van der Waals surface area contributed by atoms with E-state index < -0.39 is 5.97 Å². The topological polar surface area (TPSA) is 82.2 Å². The highest BCUT2D eigenvalue weighted by atomic mass is 16.4. The van der Waals surface area contributed by atoms with Crippen molar-refractivity contribution in [3.8, 4) is 11.1 Å². The highest BCUT2D eigenvalue weighted by molar-refractivity contribution is 6.35. The van der Waals surface area contributed by atoms with Gasteiger partial charge in [-0.1, -0.05) is 42.5 Å². The number of anilines is 1. The van der Waals surface area contributed by atoms with Gasteiger partial charge in [-0.2, -0.15) is 0 Å². The number of hydrogen-bond acceptors (Lipinski definition) is 2. The largest absolute Gasteiger partial charge is 0.481 e. The number of nitrogens with one attached hydrogen (secondary N) is 2. The molecule has 5 nitrogen and oxygen atoms in total. The zero-order chi connectivity index (χ0) is 20.5. The van der Waals surface area contributed by atoms with Crippen LogP contribution in [-0.4, -0.2) is 22.0 Å². The van der Waals surface area contributed by atoms with Crippen molar-refractivity contribution >= 4 is 29.2 Å². The summed E-state index contributed by atoms with van der Waals surface area (Å²) in [5.41, 5.74) is 8.18. The van der Waals surface area contributed by atoms with E-state index in [2.05, 4.69) is 10.3 Å². The Bertz CT molecular complexity index is 1140. The molecule has 3 N–H and O–H groups in total. The number of fused-ring (bicyclic) bond motifs is 1. The summed E-state index contributed by atoms with van der Waals surface area (Å²) in [5, 5.41) is 11.9. The Balaban J connectivity index is 1.69. The van der Waals surface area contributed by atoms with Crippen molar-refractivity contribution in [1.29, 1.82) is 0 Å².